The van der Waals surface area contributed by atoms with Crippen LogP contribution in [0.5, 0.6) is 0 Å². The molecule has 4 nitrogen and oxygen atoms in total. The smallest absolute Gasteiger partial charge is 0.339 e. The summed E-state index contributed by atoms with van der Waals surface area (Å²) in [5, 5.41) is 10.2. The lowest BCUT2D eigenvalue weighted by molar-refractivity contribution is -0.153. The van der Waals surface area contributed by atoms with Crippen LogP contribution in [-0.2, 0) is 20.9 Å². The molecule has 0 radical (unpaired) electrons. The maximum Gasteiger partial charge on any atom is 0.339 e. The number of halogens is 1. The van der Waals surface area contributed by atoms with E-state index in [-0.39, 0.29) is 13.2 Å². The first kappa shape index (κ1) is 14.0. The molecule has 0 aromatic heterocycles. The number of methoxy groups -OCH3 is 1. The number of aliphatic hydroxyl groups excluding tert-OH is 1. The Morgan fingerprint density at radius 2 is 2.24 bits per heavy atom. The number of rotatable bonds is 5. The standard InChI is InChI=1S/C12H15ClO4/c1-3-17-12(15)11(14)10-8(7-16-2)5-4-6-9(10)13/h4-6,11,14H,3,7H2,1-2H3. The van der Waals surface area contributed by atoms with Crippen molar-refractivity contribution in [1.29, 1.82) is 0 Å². The molecule has 1 rings (SSSR count). The molecule has 0 aliphatic rings. The number of hydrogen-bond acceptors (Lipinski definition) is 4. The molecule has 1 aromatic rings. The zero-order valence-electron chi connectivity index (χ0n) is 9.77. The van der Waals surface area contributed by atoms with Gasteiger partial charge in [-0.1, -0.05) is 23.7 Å². The summed E-state index contributed by atoms with van der Waals surface area (Å²) in [6.45, 7) is 2.15. The van der Waals surface area contributed by atoms with E-state index in [0.717, 1.165) is 0 Å². The molecule has 1 unspecified atom stereocenters. The van der Waals surface area contributed by atoms with Crippen molar-refractivity contribution in [2.45, 2.75) is 19.6 Å². The van der Waals surface area contributed by atoms with Gasteiger partial charge in [-0.25, -0.2) is 4.79 Å². The van der Waals surface area contributed by atoms with Gasteiger partial charge in [0.1, 0.15) is 0 Å². The Balaban J connectivity index is 3.05. The van der Waals surface area contributed by atoms with E-state index in [1.54, 1.807) is 25.1 Å². The minimum Gasteiger partial charge on any atom is -0.464 e. The zero-order valence-corrected chi connectivity index (χ0v) is 10.5. The number of hydrogen-bond donors (Lipinski definition) is 1. The van der Waals surface area contributed by atoms with Crippen molar-refractivity contribution in [2.24, 2.45) is 0 Å². The van der Waals surface area contributed by atoms with Gasteiger partial charge in [0.15, 0.2) is 6.10 Å². The van der Waals surface area contributed by atoms with E-state index in [1.807, 2.05) is 0 Å². The number of benzene rings is 1. The minimum atomic E-state index is -1.38. The number of carbonyl (C=O) groups is 1. The fourth-order valence-corrected chi connectivity index (χ4v) is 1.81. The number of ether oxygens (including phenoxy) is 2. The van der Waals surface area contributed by atoms with Crippen LogP contribution in [0.2, 0.25) is 5.02 Å². The second kappa shape index (κ2) is 6.59. The van der Waals surface area contributed by atoms with Crippen LogP contribution in [0.1, 0.15) is 24.2 Å². The first-order chi connectivity index (χ1) is 8.11. The highest BCUT2D eigenvalue weighted by molar-refractivity contribution is 6.31. The molecular formula is C12H15ClO4. The first-order valence-electron chi connectivity index (χ1n) is 5.22. The van der Waals surface area contributed by atoms with Crippen molar-refractivity contribution in [3.8, 4) is 0 Å². The molecule has 17 heavy (non-hydrogen) atoms. The van der Waals surface area contributed by atoms with Crippen molar-refractivity contribution < 1.29 is 19.4 Å². The zero-order chi connectivity index (χ0) is 12.8. The van der Waals surface area contributed by atoms with Gasteiger partial charge in [-0.05, 0) is 18.6 Å². The Labute approximate surface area is 105 Å². The summed E-state index contributed by atoms with van der Waals surface area (Å²) in [5.41, 5.74) is 1.01. The minimum absolute atomic E-state index is 0.208. The van der Waals surface area contributed by atoms with E-state index in [1.165, 1.54) is 7.11 Å². The molecule has 0 aliphatic heterocycles. The number of carbonyl (C=O) groups excluding carboxylic acids is 1. The van der Waals surface area contributed by atoms with E-state index in [9.17, 15) is 9.90 Å². The molecule has 1 aromatic carbocycles. The van der Waals surface area contributed by atoms with Gasteiger partial charge >= 0.3 is 5.97 Å². The molecular weight excluding hydrogens is 244 g/mol. The van der Waals surface area contributed by atoms with Gasteiger partial charge in [-0.2, -0.15) is 0 Å². The highest BCUT2D eigenvalue weighted by Gasteiger charge is 2.24. The number of esters is 1. The second-order valence-electron chi connectivity index (χ2n) is 3.40. The summed E-state index contributed by atoms with van der Waals surface area (Å²) in [5.74, 6) is -0.710. The van der Waals surface area contributed by atoms with Crippen LogP contribution >= 0.6 is 11.6 Å². The summed E-state index contributed by atoms with van der Waals surface area (Å²) < 4.78 is 9.75. The highest BCUT2D eigenvalue weighted by atomic mass is 35.5. The van der Waals surface area contributed by atoms with Crippen LogP contribution in [0.25, 0.3) is 0 Å². The quantitative estimate of drug-likeness (QED) is 0.822. The largest absolute Gasteiger partial charge is 0.464 e. The summed E-state index contributed by atoms with van der Waals surface area (Å²) in [6.07, 6.45) is -1.38. The lowest BCUT2D eigenvalue weighted by Gasteiger charge is -2.15. The molecule has 0 fully saturated rings. The van der Waals surface area contributed by atoms with E-state index in [4.69, 9.17) is 21.1 Å². The van der Waals surface area contributed by atoms with Crippen molar-refractivity contribution in [2.75, 3.05) is 13.7 Å². The summed E-state index contributed by atoms with van der Waals surface area (Å²) in [4.78, 5) is 11.5. The normalized spacial score (nSPS) is 12.2. The Hall–Kier alpha value is -1.10. The van der Waals surface area contributed by atoms with Crippen molar-refractivity contribution in [1.82, 2.24) is 0 Å². The van der Waals surface area contributed by atoms with Crippen LogP contribution < -0.4 is 0 Å². The predicted molar refractivity (Wildman–Crippen MR) is 63.8 cm³/mol. The lowest BCUT2D eigenvalue weighted by atomic mass is 10.0. The highest BCUT2D eigenvalue weighted by Crippen LogP contribution is 2.28. The van der Waals surface area contributed by atoms with Crippen LogP contribution in [0, 0.1) is 0 Å². The Morgan fingerprint density at radius 1 is 1.53 bits per heavy atom. The van der Waals surface area contributed by atoms with E-state index in [0.29, 0.717) is 16.1 Å². The van der Waals surface area contributed by atoms with Crippen LogP contribution in [-0.4, -0.2) is 24.8 Å². The van der Waals surface area contributed by atoms with E-state index in [2.05, 4.69) is 0 Å². The average molecular weight is 259 g/mol. The fourth-order valence-electron chi connectivity index (χ4n) is 1.51. The molecule has 0 aliphatic carbocycles. The summed E-state index contributed by atoms with van der Waals surface area (Å²) >= 11 is 5.98. The third-order valence-corrected chi connectivity index (χ3v) is 2.56. The summed E-state index contributed by atoms with van der Waals surface area (Å²) in [6, 6.07) is 5.09. The van der Waals surface area contributed by atoms with Gasteiger partial charge in [0.2, 0.25) is 0 Å². The van der Waals surface area contributed by atoms with Gasteiger partial charge < -0.3 is 14.6 Å². The third kappa shape index (κ3) is 3.43. The molecule has 0 amide bonds. The van der Waals surface area contributed by atoms with E-state index < -0.39 is 12.1 Å². The van der Waals surface area contributed by atoms with Crippen LogP contribution in [0.15, 0.2) is 18.2 Å². The van der Waals surface area contributed by atoms with Gasteiger partial charge in [-0.15, -0.1) is 0 Å². The Bertz CT molecular complexity index is 392. The van der Waals surface area contributed by atoms with Gasteiger partial charge in [0.25, 0.3) is 0 Å². The predicted octanol–water partition coefficient (Wildman–Crippen LogP) is 2.08. The molecule has 94 valence electrons. The van der Waals surface area contributed by atoms with Gasteiger partial charge in [-0.3, -0.25) is 0 Å². The molecule has 1 N–H and O–H groups in total. The van der Waals surface area contributed by atoms with Crippen molar-refractivity contribution >= 4 is 17.6 Å². The van der Waals surface area contributed by atoms with Crippen LogP contribution in [0.3, 0.4) is 0 Å². The Morgan fingerprint density at radius 3 is 2.82 bits per heavy atom. The SMILES string of the molecule is CCOC(=O)C(O)c1c(Cl)cccc1COC. The lowest BCUT2D eigenvalue weighted by Crippen LogP contribution is -2.17. The van der Waals surface area contributed by atoms with Gasteiger partial charge in [0, 0.05) is 17.7 Å². The maximum atomic E-state index is 11.5. The average Bonchev–Trinajstić information content (AvgIpc) is 2.29. The fraction of sp³-hybridized carbons (Fsp3) is 0.417. The Kier molecular flexibility index (Phi) is 5.41. The molecule has 0 spiro atoms. The maximum absolute atomic E-state index is 11.5. The molecule has 0 bridgehead atoms. The van der Waals surface area contributed by atoms with E-state index >= 15 is 0 Å². The second-order valence-corrected chi connectivity index (χ2v) is 3.81. The third-order valence-electron chi connectivity index (χ3n) is 2.23. The van der Waals surface area contributed by atoms with Crippen LogP contribution in [0.4, 0.5) is 0 Å². The molecule has 0 saturated heterocycles. The monoisotopic (exact) mass is 258 g/mol. The molecule has 5 heteroatoms. The molecule has 0 saturated carbocycles. The topological polar surface area (TPSA) is 55.8 Å². The molecule has 1 atom stereocenters. The van der Waals surface area contributed by atoms with Gasteiger partial charge in [0.05, 0.1) is 13.2 Å². The molecule has 0 heterocycles. The first-order valence-corrected chi connectivity index (χ1v) is 5.60. The van der Waals surface area contributed by atoms with Crippen molar-refractivity contribution in [3.05, 3.63) is 34.3 Å². The summed E-state index contributed by atoms with van der Waals surface area (Å²) in [7, 11) is 1.53. The number of aliphatic hydroxyl groups is 1. The van der Waals surface area contributed by atoms with Crippen molar-refractivity contribution in [3.63, 3.8) is 0 Å².